The van der Waals surface area contributed by atoms with Gasteiger partial charge in [-0.05, 0) is 42.0 Å². The van der Waals surface area contributed by atoms with Gasteiger partial charge in [0.25, 0.3) is 0 Å². The van der Waals surface area contributed by atoms with E-state index in [4.69, 9.17) is 11.2 Å². The van der Waals surface area contributed by atoms with E-state index in [-0.39, 0.29) is 12.3 Å². The lowest BCUT2D eigenvalue weighted by Gasteiger charge is -2.05. The molecule has 2 aromatic rings. The molecule has 2 amide bonds. The summed E-state index contributed by atoms with van der Waals surface area (Å²) in [7, 11) is 0. The SMILES string of the molecule is C#CCOc1ccc(C=NNC(=O)CC(=O)Nc2ccccc2F)cc1. The molecule has 26 heavy (non-hydrogen) atoms. The van der Waals surface area contributed by atoms with Crippen LogP contribution in [0.25, 0.3) is 0 Å². The lowest BCUT2D eigenvalue weighted by molar-refractivity contribution is -0.126. The van der Waals surface area contributed by atoms with E-state index in [2.05, 4.69) is 21.8 Å². The van der Waals surface area contributed by atoms with E-state index in [0.29, 0.717) is 11.3 Å². The average Bonchev–Trinajstić information content (AvgIpc) is 2.63. The Kier molecular flexibility index (Phi) is 6.89. The second-order valence-electron chi connectivity index (χ2n) is 5.06. The fourth-order valence-corrected chi connectivity index (χ4v) is 1.90. The van der Waals surface area contributed by atoms with Gasteiger partial charge < -0.3 is 10.1 Å². The molecule has 7 heteroatoms. The standard InChI is InChI=1S/C19H16FN3O3/c1-2-11-26-15-9-7-14(8-10-15)13-21-23-19(25)12-18(24)22-17-6-4-3-5-16(17)20/h1,3-10,13H,11-12H2,(H,22,24)(H,23,25). The number of hydrogen-bond donors (Lipinski definition) is 2. The van der Waals surface area contributed by atoms with Crippen molar-refractivity contribution in [3.05, 3.63) is 59.9 Å². The van der Waals surface area contributed by atoms with Crippen molar-refractivity contribution in [2.45, 2.75) is 6.42 Å². The van der Waals surface area contributed by atoms with Gasteiger partial charge in [0, 0.05) is 0 Å². The third kappa shape index (κ3) is 6.09. The number of nitrogens with one attached hydrogen (secondary N) is 2. The summed E-state index contributed by atoms with van der Waals surface area (Å²) in [6.45, 7) is 0.179. The Morgan fingerprint density at radius 3 is 2.58 bits per heavy atom. The van der Waals surface area contributed by atoms with Gasteiger partial charge in [0.2, 0.25) is 11.8 Å². The maximum absolute atomic E-state index is 13.4. The first kappa shape index (κ1) is 18.7. The van der Waals surface area contributed by atoms with E-state index in [0.717, 1.165) is 0 Å². The molecule has 0 aliphatic carbocycles. The summed E-state index contributed by atoms with van der Waals surface area (Å²) in [5, 5.41) is 6.08. The van der Waals surface area contributed by atoms with Gasteiger partial charge in [-0.3, -0.25) is 9.59 Å². The highest BCUT2D eigenvalue weighted by molar-refractivity contribution is 6.03. The van der Waals surface area contributed by atoms with E-state index in [1.165, 1.54) is 24.4 Å². The highest BCUT2D eigenvalue weighted by Crippen LogP contribution is 2.12. The number of hydrazone groups is 1. The number of carbonyl (C=O) groups is 2. The van der Waals surface area contributed by atoms with Gasteiger partial charge in [-0.25, -0.2) is 9.82 Å². The average molecular weight is 353 g/mol. The zero-order valence-electron chi connectivity index (χ0n) is 13.7. The molecule has 0 spiro atoms. The molecule has 2 rings (SSSR count). The van der Waals surface area contributed by atoms with Crippen LogP contribution < -0.4 is 15.5 Å². The largest absolute Gasteiger partial charge is 0.481 e. The Morgan fingerprint density at radius 2 is 1.88 bits per heavy atom. The lowest BCUT2D eigenvalue weighted by atomic mass is 10.2. The van der Waals surface area contributed by atoms with Crippen LogP contribution in [0.1, 0.15) is 12.0 Å². The number of benzene rings is 2. The molecule has 2 N–H and O–H groups in total. The van der Waals surface area contributed by atoms with Crippen LogP contribution in [-0.4, -0.2) is 24.6 Å². The molecule has 0 saturated heterocycles. The topological polar surface area (TPSA) is 79.8 Å². The second-order valence-corrected chi connectivity index (χ2v) is 5.06. The minimum absolute atomic E-state index is 0.0148. The van der Waals surface area contributed by atoms with Gasteiger partial charge in [0.05, 0.1) is 11.9 Å². The molecule has 0 radical (unpaired) electrons. The number of amides is 2. The van der Waals surface area contributed by atoms with Crippen LogP contribution in [0, 0.1) is 18.2 Å². The summed E-state index contributed by atoms with van der Waals surface area (Å²) in [5.74, 6) is 1.14. The number of anilines is 1. The number of ether oxygens (including phenoxy) is 1. The van der Waals surface area contributed by atoms with Crippen LogP contribution >= 0.6 is 0 Å². The van der Waals surface area contributed by atoms with Crippen molar-refractivity contribution in [2.24, 2.45) is 5.10 Å². The third-order valence-corrected chi connectivity index (χ3v) is 3.07. The summed E-state index contributed by atoms with van der Waals surface area (Å²) in [6.07, 6.45) is 6.03. The number of para-hydroxylation sites is 1. The molecule has 0 saturated carbocycles. The van der Waals surface area contributed by atoms with E-state index in [1.807, 2.05) is 0 Å². The molecule has 0 unspecified atom stereocenters. The van der Waals surface area contributed by atoms with Crippen LogP contribution in [0.5, 0.6) is 5.75 Å². The molecular formula is C19H16FN3O3. The van der Waals surface area contributed by atoms with Crippen molar-refractivity contribution in [1.82, 2.24) is 5.43 Å². The Balaban J connectivity index is 1.79. The number of hydrogen-bond acceptors (Lipinski definition) is 4. The van der Waals surface area contributed by atoms with Crippen molar-refractivity contribution < 1.29 is 18.7 Å². The van der Waals surface area contributed by atoms with Crippen molar-refractivity contribution in [3.8, 4) is 18.1 Å². The third-order valence-electron chi connectivity index (χ3n) is 3.07. The van der Waals surface area contributed by atoms with E-state index < -0.39 is 24.1 Å². The number of halogens is 1. The maximum atomic E-state index is 13.4. The molecule has 0 atom stereocenters. The lowest BCUT2D eigenvalue weighted by Crippen LogP contribution is -2.24. The summed E-state index contributed by atoms with van der Waals surface area (Å²) >= 11 is 0. The number of carbonyl (C=O) groups excluding carboxylic acids is 2. The Hall–Kier alpha value is -3.66. The van der Waals surface area contributed by atoms with Gasteiger partial charge in [-0.15, -0.1) is 6.42 Å². The van der Waals surface area contributed by atoms with Gasteiger partial charge in [0.1, 0.15) is 24.6 Å². The summed E-state index contributed by atoms with van der Waals surface area (Å²) < 4.78 is 18.6. The predicted octanol–water partition coefficient (Wildman–Crippen LogP) is 2.32. The Morgan fingerprint density at radius 1 is 1.15 bits per heavy atom. The van der Waals surface area contributed by atoms with Crippen molar-refractivity contribution in [3.63, 3.8) is 0 Å². The van der Waals surface area contributed by atoms with E-state index >= 15 is 0 Å². The smallest absolute Gasteiger partial charge is 0.249 e. The highest BCUT2D eigenvalue weighted by Gasteiger charge is 2.10. The van der Waals surface area contributed by atoms with Crippen LogP contribution in [-0.2, 0) is 9.59 Å². The molecule has 0 bridgehead atoms. The molecule has 0 aliphatic heterocycles. The summed E-state index contributed by atoms with van der Waals surface area (Å²) in [4.78, 5) is 23.4. The maximum Gasteiger partial charge on any atom is 0.249 e. The van der Waals surface area contributed by atoms with Crippen molar-refractivity contribution in [1.29, 1.82) is 0 Å². The molecular weight excluding hydrogens is 337 g/mol. The normalized spacial score (nSPS) is 10.2. The van der Waals surface area contributed by atoms with Crippen molar-refractivity contribution in [2.75, 3.05) is 11.9 Å². The van der Waals surface area contributed by atoms with E-state index in [1.54, 1.807) is 30.3 Å². The van der Waals surface area contributed by atoms with Gasteiger partial charge >= 0.3 is 0 Å². The number of rotatable bonds is 7. The summed E-state index contributed by atoms with van der Waals surface area (Å²) in [6, 6.07) is 12.6. The predicted molar refractivity (Wildman–Crippen MR) is 96.2 cm³/mol. The minimum atomic E-state index is -0.641. The fourth-order valence-electron chi connectivity index (χ4n) is 1.90. The summed E-state index contributed by atoms with van der Waals surface area (Å²) in [5.41, 5.74) is 2.96. The molecule has 0 fully saturated rings. The molecule has 132 valence electrons. The fraction of sp³-hybridized carbons (Fsp3) is 0.105. The van der Waals surface area contributed by atoms with Gasteiger partial charge in [-0.2, -0.15) is 5.10 Å². The zero-order valence-corrected chi connectivity index (χ0v) is 13.7. The molecule has 6 nitrogen and oxygen atoms in total. The monoisotopic (exact) mass is 353 g/mol. The first-order valence-corrected chi connectivity index (χ1v) is 7.61. The first-order valence-electron chi connectivity index (χ1n) is 7.61. The van der Waals surface area contributed by atoms with Crippen LogP contribution in [0.15, 0.2) is 53.6 Å². The first-order chi connectivity index (χ1) is 12.6. The number of terminal acetylenes is 1. The quantitative estimate of drug-likeness (QED) is 0.347. The van der Waals surface area contributed by atoms with Crippen molar-refractivity contribution >= 4 is 23.7 Å². The second kappa shape index (κ2) is 9.59. The van der Waals surface area contributed by atoms with Gasteiger partial charge in [-0.1, -0.05) is 18.1 Å². The minimum Gasteiger partial charge on any atom is -0.481 e. The van der Waals surface area contributed by atoms with Crippen LogP contribution in [0.3, 0.4) is 0 Å². The number of nitrogens with zero attached hydrogens (tertiary/aromatic N) is 1. The molecule has 0 heterocycles. The van der Waals surface area contributed by atoms with Gasteiger partial charge in [0.15, 0.2) is 0 Å². The highest BCUT2D eigenvalue weighted by atomic mass is 19.1. The molecule has 0 aliphatic rings. The Labute approximate surface area is 150 Å². The van der Waals surface area contributed by atoms with Crippen LogP contribution in [0.4, 0.5) is 10.1 Å². The van der Waals surface area contributed by atoms with E-state index in [9.17, 15) is 14.0 Å². The molecule has 0 aromatic heterocycles. The zero-order chi connectivity index (χ0) is 18.8. The molecule has 2 aromatic carbocycles. The van der Waals surface area contributed by atoms with Crippen LogP contribution in [0.2, 0.25) is 0 Å². The Bertz CT molecular complexity index is 842.